The van der Waals surface area contributed by atoms with E-state index in [0.717, 1.165) is 25.7 Å². The van der Waals surface area contributed by atoms with E-state index >= 15 is 0 Å². The molecule has 0 saturated carbocycles. The number of carbonyl (C=O) groups excluding carboxylic acids is 2. The van der Waals surface area contributed by atoms with Crippen molar-refractivity contribution in [3.8, 4) is 0 Å². The molecule has 1 aliphatic heterocycles. The monoisotopic (exact) mass is 427 g/mol. The Morgan fingerprint density at radius 3 is 1.87 bits per heavy atom. The molecule has 6 nitrogen and oxygen atoms in total. The Bertz CT molecular complexity index is 548. The number of hydrogen-bond acceptors (Lipinski definition) is 6. The van der Waals surface area contributed by atoms with Crippen LogP contribution in [0.3, 0.4) is 0 Å². The lowest BCUT2D eigenvalue weighted by Gasteiger charge is -2.58. The first-order valence-electron chi connectivity index (χ1n) is 11.6. The largest absolute Gasteiger partial charge is 0.394 e. The second-order valence-corrected chi connectivity index (χ2v) is 9.96. The summed E-state index contributed by atoms with van der Waals surface area (Å²) < 4.78 is 11.6. The Kier molecular flexibility index (Phi) is 10.1. The molecule has 3 atom stereocenters. The molecule has 3 unspecified atom stereocenters. The molecule has 6 heteroatoms. The lowest BCUT2D eigenvalue weighted by Crippen LogP contribution is -2.68. The normalized spacial score (nSPS) is 22.6. The van der Waals surface area contributed by atoms with E-state index in [4.69, 9.17) is 9.47 Å². The number of aliphatic hydroxyl groups is 1. The van der Waals surface area contributed by atoms with Gasteiger partial charge in [0.2, 0.25) is 0 Å². The predicted octanol–water partition coefficient (Wildman–Crippen LogP) is 3.77. The van der Waals surface area contributed by atoms with E-state index < -0.39 is 18.1 Å². The number of nitrogens with zero attached hydrogens (tertiary/aromatic N) is 1. The molecule has 1 heterocycles. The summed E-state index contributed by atoms with van der Waals surface area (Å²) in [5, 5.41) is 10.2. The van der Waals surface area contributed by atoms with Gasteiger partial charge in [-0.2, -0.15) is 0 Å². The predicted molar refractivity (Wildman–Crippen MR) is 120 cm³/mol. The summed E-state index contributed by atoms with van der Waals surface area (Å²) in [4.78, 5) is 28.2. The standard InChI is InChI=1S/C24H45NO5/c1-10-17(11-2)30-18-13-23(5,6)25(24(7,8)14-18)19(15-26)21(27)16(4)22(28)20(12-3)29-9/h16-20,26H,10-15H2,1-9H3. The van der Waals surface area contributed by atoms with Gasteiger partial charge in [-0.25, -0.2) is 0 Å². The second-order valence-electron chi connectivity index (χ2n) is 9.96. The third-order valence-electron chi connectivity index (χ3n) is 6.69. The molecule has 1 rings (SSSR count). The van der Waals surface area contributed by atoms with E-state index in [1.807, 2.05) is 6.92 Å². The van der Waals surface area contributed by atoms with Crippen LogP contribution in [0.5, 0.6) is 0 Å². The maximum Gasteiger partial charge on any atom is 0.171 e. The molecule has 0 spiro atoms. The molecule has 30 heavy (non-hydrogen) atoms. The molecular weight excluding hydrogens is 382 g/mol. The first kappa shape index (κ1) is 27.2. The molecule has 1 N–H and O–H groups in total. The average Bonchev–Trinajstić information content (AvgIpc) is 2.67. The van der Waals surface area contributed by atoms with E-state index in [1.54, 1.807) is 6.92 Å². The number of ether oxygens (including phenoxy) is 2. The van der Waals surface area contributed by atoms with E-state index in [-0.39, 0.29) is 41.5 Å². The van der Waals surface area contributed by atoms with E-state index in [2.05, 4.69) is 46.4 Å². The lowest BCUT2D eigenvalue weighted by atomic mass is 9.75. The summed E-state index contributed by atoms with van der Waals surface area (Å²) in [6.45, 7) is 15.9. The topological polar surface area (TPSA) is 76.1 Å². The van der Waals surface area contributed by atoms with Gasteiger partial charge >= 0.3 is 0 Å². The Morgan fingerprint density at radius 1 is 1.00 bits per heavy atom. The smallest absolute Gasteiger partial charge is 0.171 e. The van der Waals surface area contributed by atoms with Crippen LogP contribution in [-0.2, 0) is 19.1 Å². The molecular formula is C24H45NO5. The molecule has 0 amide bonds. The number of ketones is 2. The third kappa shape index (κ3) is 6.12. The van der Waals surface area contributed by atoms with Gasteiger partial charge in [-0.05, 0) is 66.7 Å². The number of Topliss-reactive ketones (excluding diaryl/α,β-unsaturated/α-hetero) is 2. The van der Waals surface area contributed by atoms with Gasteiger partial charge in [0.25, 0.3) is 0 Å². The molecule has 0 aliphatic carbocycles. The zero-order valence-corrected chi connectivity index (χ0v) is 20.7. The van der Waals surface area contributed by atoms with Crippen LogP contribution >= 0.6 is 0 Å². The highest BCUT2D eigenvalue weighted by Crippen LogP contribution is 2.42. The van der Waals surface area contributed by atoms with Crippen LogP contribution < -0.4 is 0 Å². The highest BCUT2D eigenvalue weighted by Gasteiger charge is 2.51. The maximum atomic E-state index is 13.4. The van der Waals surface area contributed by atoms with Crippen molar-refractivity contribution < 1.29 is 24.2 Å². The van der Waals surface area contributed by atoms with Crippen molar-refractivity contribution >= 4 is 11.6 Å². The lowest BCUT2D eigenvalue weighted by molar-refractivity contribution is -0.163. The first-order valence-corrected chi connectivity index (χ1v) is 11.6. The Balaban J connectivity index is 3.14. The fraction of sp³-hybridized carbons (Fsp3) is 0.917. The second kappa shape index (κ2) is 11.2. The summed E-state index contributed by atoms with van der Waals surface area (Å²) in [6, 6.07) is -0.739. The number of likely N-dealkylation sites (tertiary alicyclic amines) is 1. The summed E-state index contributed by atoms with van der Waals surface area (Å²) in [5.41, 5.74) is -0.731. The zero-order chi connectivity index (χ0) is 23.3. The van der Waals surface area contributed by atoms with Crippen molar-refractivity contribution in [3.63, 3.8) is 0 Å². The SMILES string of the molecule is CCC(CC)OC1CC(C)(C)N(C(CO)C(=O)C(C)C(=O)C(CC)OC)C(C)(C)C1. The minimum Gasteiger partial charge on any atom is -0.394 e. The number of methoxy groups -OCH3 is 1. The fourth-order valence-electron chi connectivity index (χ4n) is 5.39. The Morgan fingerprint density at radius 2 is 1.50 bits per heavy atom. The first-order chi connectivity index (χ1) is 13.9. The van der Waals surface area contributed by atoms with Crippen LogP contribution in [0.4, 0.5) is 0 Å². The summed E-state index contributed by atoms with van der Waals surface area (Å²) in [6.07, 6.45) is 3.77. The van der Waals surface area contributed by atoms with Gasteiger partial charge in [0, 0.05) is 18.2 Å². The minimum absolute atomic E-state index is 0.0996. The van der Waals surface area contributed by atoms with Crippen molar-refractivity contribution in [2.45, 2.75) is 123 Å². The highest BCUT2D eigenvalue weighted by molar-refractivity contribution is 6.06. The molecule has 176 valence electrons. The van der Waals surface area contributed by atoms with Crippen molar-refractivity contribution in [1.29, 1.82) is 0 Å². The van der Waals surface area contributed by atoms with Crippen LogP contribution in [0.2, 0.25) is 0 Å². The van der Waals surface area contributed by atoms with Gasteiger partial charge in [0.15, 0.2) is 11.6 Å². The Labute approximate surface area is 183 Å². The maximum absolute atomic E-state index is 13.4. The minimum atomic E-state index is -0.822. The number of aliphatic hydroxyl groups excluding tert-OH is 1. The summed E-state index contributed by atoms with van der Waals surface area (Å²) >= 11 is 0. The van der Waals surface area contributed by atoms with Crippen molar-refractivity contribution in [3.05, 3.63) is 0 Å². The molecule has 0 aromatic rings. The van der Waals surface area contributed by atoms with Crippen LogP contribution in [0.25, 0.3) is 0 Å². The molecule has 0 bridgehead atoms. The number of hydrogen-bond donors (Lipinski definition) is 1. The molecule has 0 aromatic carbocycles. The van der Waals surface area contributed by atoms with Crippen LogP contribution in [0.15, 0.2) is 0 Å². The number of carbonyl (C=O) groups is 2. The molecule has 1 fully saturated rings. The van der Waals surface area contributed by atoms with Crippen LogP contribution in [0, 0.1) is 5.92 Å². The van der Waals surface area contributed by atoms with Gasteiger partial charge < -0.3 is 14.6 Å². The van der Waals surface area contributed by atoms with E-state index in [1.165, 1.54) is 7.11 Å². The van der Waals surface area contributed by atoms with Crippen molar-refractivity contribution in [1.82, 2.24) is 4.90 Å². The van der Waals surface area contributed by atoms with Crippen LogP contribution in [-0.4, -0.2) is 70.7 Å². The van der Waals surface area contributed by atoms with Crippen molar-refractivity contribution in [2.24, 2.45) is 5.92 Å². The number of rotatable bonds is 12. The third-order valence-corrected chi connectivity index (χ3v) is 6.69. The van der Waals surface area contributed by atoms with E-state index in [9.17, 15) is 14.7 Å². The Hall–Kier alpha value is -0.820. The van der Waals surface area contributed by atoms with Crippen molar-refractivity contribution in [2.75, 3.05) is 13.7 Å². The van der Waals surface area contributed by atoms with Crippen LogP contribution in [0.1, 0.15) is 87.5 Å². The van der Waals surface area contributed by atoms with Gasteiger partial charge in [-0.1, -0.05) is 20.8 Å². The summed E-state index contributed by atoms with van der Waals surface area (Å²) in [7, 11) is 1.49. The molecule has 0 aromatic heterocycles. The number of piperidine rings is 1. The molecule has 1 aliphatic rings. The average molecular weight is 428 g/mol. The zero-order valence-electron chi connectivity index (χ0n) is 20.7. The molecule has 0 radical (unpaired) electrons. The van der Waals surface area contributed by atoms with Gasteiger partial charge in [0.05, 0.1) is 30.8 Å². The van der Waals surface area contributed by atoms with Gasteiger partial charge in [-0.15, -0.1) is 0 Å². The van der Waals surface area contributed by atoms with Gasteiger partial charge in [0.1, 0.15) is 6.10 Å². The van der Waals surface area contributed by atoms with Gasteiger partial charge in [-0.3, -0.25) is 14.5 Å². The van der Waals surface area contributed by atoms with E-state index in [0.29, 0.717) is 6.42 Å². The summed E-state index contributed by atoms with van der Waals surface area (Å²) in [5.74, 6) is -1.28. The quantitative estimate of drug-likeness (QED) is 0.478. The molecule has 1 saturated heterocycles. The fourth-order valence-corrected chi connectivity index (χ4v) is 5.39. The highest BCUT2D eigenvalue weighted by atomic mass is 16.5.